The van der Waals surface area contributed by atoms with Crippen molar-refractivity contribution in [3.05, 3.63) is 29.8 Å². The third kappa shape index (κ3) is 2.26. The van der Waals surface area contributed by atoms with Gasteiger partial charge in [0.05, 0.1) is 6.61 Å². The summed E-state index contributed by atoms with van der Waals surface area (Å²) >= 11 is 0. The standard InChI is InChI=1S/C12H17NO/c13-8-10-4-6-12(7-5-10)14-9-11-2-1-3-11/h4-7,11H,1-3,8-9,13H2. The van der Waals surface area contributed by atoms with Crippen LogP contribution in [0.1, 0.15) is 24.8 Å². The predicted octanol–water partition coefficient (Wildman–Crippen LogP) is 2.32. The summed E-state index contributed by atoms with van der Waals surface area (Å²) in [6.07, 6.45) is 4.04. The van der Waals surface area contributed by atoms with E-state index in [4.69, 9.17) is 10.5 Å². The van der Waals surface area contributed by atoms with Gasteiger partial charge in [0.1, 0.15) is 5.75 Å². The first kappa shape index (κ1) is 9.53. The second-order valence-corrected chi connectivity index (χ2v) is 3.96. The summed E-state index contributed by atoms with van der Waals surface area (Å²) in [5.74, 6) is 1.76. The molecule has 2 nitrogen and oxygen atoms in total. The van der Waals surface area contributed by atoms with Crippen LogP contribution in [-0.2, 0) is 6.54 Å². The number of ether oxygens (including phenoxy) is 1. The maximum atomic E-state index is 5.67. The molecule has 2 rings (SSSR count). The molecule has 0 saturated heterocycles. The van der Waals surface area contributed by atoms with Crippen molar-refractivity contribution >= 4 is 0 Å². The minimum Gasteiger partial charge on any atom is -0.493 e. The minimum atomic E-state index is 0.600. The summed E-state index contributed by atoms with van der Waals surface area (Å²) in [6.45, 7) is 1.48. The molecule has 0 heterocycles. The molecule has 0 aromatic heterocycles. The molecule has 0 aliphatic heterocycles. The van der Waals surface area contributed by atoms with Crippen LogP contribution in [0.2, 0.25) is 0 Å². The van der Waals surface area contributed by atoms with Crippen LogP contribution in [0, 0.1) is 5.92 Å². The number of nitrogens with two attached hydrogens (primary N) is 1. The molecule has 1 aromatic carbocycles. The van der Waals surface area contributed by atoms with Gasteiger partial charge in [-0.3, -0.25) is 0 Å². The number of hydrogen-bond acceptors (Lipinski definition) is 2. The van der Waals surface area contributed by atoms with Crippen molar-refractivity contribution in [2.45, 2.75) is 25.8 Å². The Balaban J connectivity index is 1.83. The molecule has 1 fully saturated rings. The quantitative estimate of drug-likeness (QED) is 0.792. The lowest BCUT2D eigenvalue weighted by atomic mass is 9.86. The van der Waals surface area contributed by atoms with Crippen LogP contribution in [0.5, 0.6) is 5.75 Å². The molecule has 76 valence electrons. The molecule has 1 saturated carbocycles. The number of rotatable bonds is 4. The van der Waals surface area contributed by atoms with E-state index in [1.165, 1.54) is 19.3 Å². The molecule has 1 aliphatic rings. The molecule has 1 aromatic rings. The van der Waals surface area contributed by atoms with Gasteiger partial charge < -0.3 is 10.5 Å². The van der Waals surface area contributed by atoms with E-state index in [0.29, 0.717) is 6.54 Å². The van der Waals surface area contributed by atoms with Gasteiger partial charge in [0.2, 0.25) is 0 Å². The van der Waals surface area contributed by atoms with Gasteiger partial charge in [-0.15, -0.1) is 0 Å². The largest absolute Gasteiger partial charge is 0.493 e. The molecular weight excluding hydrogens is 174 g/mol. The summed E-state index contributed by atoms with van der Waals surface area (Å²) in [5, 5.41) is 0. The van der Waals surface area contributed by atoms with Gasteiger partial charge in [-0.05, 0) is 36.5 Å². The molecule has 2 heteroatoms. The van der Waals surface area contributed by atoms with Crippen LogP contribution in [-0.4, -0.2) is 6.61 Å². The van der Waals surface area contributed by atoms with E-state index in [0.717, 1.165) is 23.8 Å². The van der Waals surface area contributed by atoms with Crippen molar-refractivity contribution in [1.82, 2.24) is 0 Å². The van der Waals surface area contributed by atoms with Gasteiger partial charge in [-0.25, -0.2) is 0 Å². The fourth-order valence-corrected chi connectivity index (χ4v) is 1.60. The average molecular weight is 191 g/mol. The van der Waals surface area contributed by atoms with Gasteiger partial charge in [0.25, 0.3) is 0 Å². The highest BCUT2D eigenvalue weighted by molar-refractivity contribution is 5.27. The first-order valence-electron chi connectivity index (χ1n) is 5.30. The Labute approximate surface area is 85.1 Å². The second-order valence-electron chi connectivity index (χ2n) is 3.96. The minimum absolute atomic E-state index is 0.600. The van der Waals surface area contributed by atoms with E-state index in [2.05, 4.69) is 0 Å². The van der Waals surface area contributed by atoms with E-state index < -0.39 is 0 Å². The Morgan fingerprint density at radius 3 is 2.43 bits per heavy atom. The normalized spacial score (nSPS) is 16.4. The van der Waals surface area contributed by atoms with Crippen LogP contribution in [0.25, 0.3) is 0 Å². The van der Waals surface area contributed by atoms with Crippen LogP contribution in [0.4, 0.5) is 0 Å². The Morgan fingerprint density at radius 2 is 1.93 bits per heavy atom. The summed E-state index contributed by atoms with van der Waals surface area (Å²) in [7, 11) is 0. The van der Waals surface area contributed by atoms with E-state index in [1.807, 2.05) is 24.3 Å². The summed E-state index contributed by atoms with van der Waals surface area (Å²) in [4.78, 5) is 0. The lowest BCUT2D eigenvalue weighted by molar-refractivity contribution is 0.180. The van der Waals surface area contributed by atoms with Gasteiger partial charge in [-0.2, -0.15) is 0 Å². The van der Waals surface area contributed by atoms with Crippen LogP contribution in [0.15, 0.2) is 24.3 Å². The van der Waals surface area contributed by atoms with Crippen molar-refractivity contribution in [2.24, 2.45) is 11.7 Å². The van der Waals surface area contributed by atoms with Crippen molar-refractivity contribution in [3.63, 3.8) is 0 Å². The zero-order chi connectivity index (χ0) is 9.80. The van der Waals surface area contributed by atoms with E-state index in [9.17, 15) is 0 Å². The average Bonchev–Trinajstić information content (AvgIpc) is 2.16. The Morgan fingerprint density at radius 1 is 1.21 bits per heavy atom. The Bertz CT molecular complexity index is 277. The Hall–Kier alpha value is -1.02. The van der Waals surface area contributed by atoms with Gasteiger partial charge in [-0.1, -0.05) is 18.6 Å². The molecule has 0 radical (unpaired) electrons. The molecule has 0 atom stereocenters. The van der Waals surface area contributed by atoms with E-state index in [-0.39, 0.29) is 0 Å². The van der Waals surface area contributed by atoms with E-state index in [1.54, 1.807) is 0 Å². The fraction of sp³-hybridized carbons (Fsp3) is 0.500. The van der Waals surface area contributed by atoms with Crippen molar-refractivity contribution < 1.29 is 4.74 Å². The van der Waals surface area contributed by atoms with Crippen molar-refractivity contribution in [3.8, 4) is 5.75 Å². The van der Waals surface area contributed by atoms with E-state index >= 15 is 0 Å². The van der Waals surface area contributed by atoms with Crippen molar-refractivity contribution in [1.29, 1.82) is 0 Å². The summed E-state index contributed by atoms with van der Waals surface area (Å²) < 4.78 is 5.67. The van der Waals surface area contributed by atoms with Crippen LogP contribution < -0.4 is 10.5 Å². The first-order chi connectivity index (χ1) is 6.88. The highest BCUT2D eigenvalue weighted by Crippen LogP contribution is 2.27. The smallest absolute Gasteiger partial charge is 0.119 e. The van der Waals surface area contributed by atoms with Crippen LogP contribution in [0.3, 0.4) is 0 Å². The molecule has 14 heavy (non-hydrogen) atoms. The topological polar surface area (TPSA) is 35.2 Å². The molecule has 0 amide bonds. The maximum Gasteiger partial charge on any atom is 0.119 e. The Kier molecular flexibility index (Phi) is 3.04. The second kappa shape index (κ2) is 4.47. The summed E-state index contributed by atoms with van der Waals surface area (Å²) in [6, 6.07) is 8.05. The molecule has 0 bridgehead atoms. The number of benzene rings is 1. The highest BCUT2D eigenvalue weighted by atomic mass is 16.5. The highest BCUT2D eigenvalue weighted by Gasteiger charge is 2.17. The molecule has 0 unspecified atom stereocenters. The lowest BCUT2D eigenvalue weighted by Gasteiger charge is -2.25. The molecule has 0 spiro atoms. The van der Waals surface area contributed by atoms with Gasteiger partial charge in [0.15, 0.2) is 0 Å². The monoisotopic (exact) mass is 191 g/mol. The SMILES string of the molecule is NCc1ccc(OCC2CCC2)cc1. The third-order valence-electron chi connectivity index (χ3n) is 2.87. The molecule has 1 aliphatic carbocycles. The lowest BCUT2D eigenvalue weighted by Crippen LogP contribution is -2.19. The predicted molar refractivity (Wildman–Crippen MR) is 57.2 cm³/mol. The van der Waals surface area contributed by atoms with Crippen LogP contribution >= 0.6 is 0 Å². The number of hydrogen-bond donors (Lipinski definition) is 1. The summed E-state index contributed by atoms with van der Waals surface area (Å²) in [5.41, 5.74) is 6.67. The first-order valence-corrected chi connectivity index (χ1v) is 5.30. The maximum absolute atomic E-state index is 5.67. The molecule has 2 N–H and O–H groups in total. The zero-order valence-corrected chi connectivity index (χ0v) is 8.41. The van der Waals surface area contributed by atoms with Crippen molar-refractivity contribution in [2.75, 3.05) is 6.61 Å². The zero-order valence-electron chi connectivity index (χ0n) is 8.41. The van der Waals surface area contributed by atoms with Gasteiger partial charge >= 0.3 is 0 Å². The third-order valence-corrected chi connectivity index (χ3v) is 2.87. The molecular formula is C12H17NO. The fourth-order valence-electron chi connectivity index (χ4n) is 1.60. The van der Waals surface area contributed by atoms with Gasteiger partial charge in [0, 0.05) is 6.54 Å².